The van der Waals surface area contributed by atoms with Crippen LogP contribution in [-0.2, 0) is 0 Å². The number of hydrogen-bond acceptors (Lipinski definition) is 2. The van der Waals surface area contributed by atoms with Crippen molar-refractivity contribution in [2.75, 3.05) is 5.73 Å². The molecule has 1 aromatic carbocycles. The van der Waals surface area contributed by atoms with Crippen LogP contribution >= 0.6 is 0 Å². The lowest BCUT2D eigenvalue weighted by Crippen LogP contribution is -2.33. The van der Waals surface area contributed by atoms with Gasteiger partial charge in [0.2, 0.25) is 0 Å². The van der Waals surface area contributed by atoms with Gasteiger partial charge in [-0.3, -0.25) is 4.79 Å². The largest absolute Gasteiger partial charge is 0.399 e. The van der Waals surface area contributed by atoms with Crippen LogP contribution in [0.15, 0.2) is 30.4 Å². The van der Waals surface area contributed by atoms with Gasteiger partial charge in [0.25, 0.3) is 5.91 Å². The second-order valence-corrected chi connectivity index (χ2v) is 4.19. The van der Waals surface area contributed by atoms with Crippen molar-refractivity contribution in [1.82, 2.24) is 5.32 Å². The van der Waals surface area contributed by atoms with Crippen LogP contribution in [0, 0.1) is 6.92 Å². The fourth-order valence-corrected chi connectivity index (χ4v) is 1.88. The Morgan fingerprint density at radius 3 is 2.75 bits per heavy atom. The van der Waals surface area contributed by atoms with Crippen molar-refractivity contribution in [2.45, 2.75) is 25.8 Å². The smallest absolute Gasteiger partial charge is 0.251 e. The van der Waals surface area contributed by atoms with Gasteiger partial charge in [0, 0.05) is 17.3 Å². The third-order valence-corrected chi connectivity index (χ3v) is 2.85. The maximum atomic E-state index is 12.0. The monoisotopic (exact) mass is 216 g/mol. The van der Waals surface area contributed by atoms with Crippen LogP contribution in [0.4, 0.5) is 5.69 Å². The predicted octanol–water partition coefficient (Wildman–Crippen LogP) is 2.03. The zero-order valence-electron chi connectivity index (χ0n) is 9.36. The van der Waals surface area contributed by atoms with Crippen molar-refractivity contribution in [2.24, 2.45) is 0 Å². The number of anilines is 1. The molecule has 0 saturated heterocycles. The van der Waals surface area contributed by atoms with Gasteiger partial charge in [-0.1, -0.05) is 18.2 Å². The zero-order chi connectivity index (χ0) is 11.5. The standard InChI is InChI=1S/C13H16N2O/c1-9-6-7-10(14)8-12(9)13(16)15-11-4-2-3-5-11/h2-3,6-8,11H,4-5,14H2,1H3,(H,15,16). The maximum absolute atomic E-state index is 12.0. The molecule has 2 rings (SSSR count). The maximum Gasteiger partial charge on any atom is 0.251 e. The van der Waals surface area contributed by atoms with Gasteiger partial charge < -0.3 is 11.1 Å². The van der Waals surface area contributed by atoms with E-state index in [4.69, 9.17) is 5.73 Å². The lowest BCUT2D eigenvalue weighted by atomic mass is 10.1. The minimum absolute atomic E-state index is 0.0292. The molecule has 0 aliphatic heterocycles. The number of carbonyl (C=O) groups excluding carboxylic acids is 1. The van der Waals surface area contributed by atoms with E-state index >= 15 is 0 Å². The van der Waals surface area contributed by atoms with E-state index in [1.165, 1.54) is 0 Å². The lowest BCUT2D eigenvalue weighted by molar-refractivity contribution is 0.0938. The Kier molecular flexibility index (Phi) is 2.95. The average Bonchev–Trinajstić information content (AvgIpc) is 2.74. The van der Waals surface area contributed by atoms with E-state index in [9.17, 15) is 4.79 Å². The molecule has 1 aliphatic carbocycles. The number of amides is 1. The normalized spacial score (nSPS) is 15.3. The number of benzene rings is 1. The highest BCUT2D eigenvalue weighted by Gasteiger charge is 2.15. The summed E-state index contributed by atoms with van der Waals surface area (Å²) in [5.74, 6) is -0.0292. The fraction of sp³-hybridized carbons (Fsp3) is 0.308. The summed E-state index contributed by atoms with van der Waals surface area (Å²) >= 11 is 0. The lowest BCUT2D eigenvalue weighted by Gasteiger charge is -2.13. The molecule has 1 aliphatic rings. The van der Waals surface area contributed by atoms with Gasteiger partial charge in [-0.15, -0.1) is 0 Å². The highest BCUT2D eigenvalue weighted by atomic mass is 16.1. The number of hydrogen-bond donors (Lipinski definition) is 2. The van der Waals surface area contributed by atoms with Crippen LogP contribution in [0.1, 0.15) is 28.8 Å². The van der Waals surface area contributed by atoms with Gasteiger partial charge in [-0.05, 0) is 37.5 Å². The van der Waals surface area contributed by atoms with Gasteiger partial charge in [-0.2, -0.15) is 0 Å². The average molecular weight is 216 g/mol. The molecule has 0 spiro atoms. The molecule has 84 valence electrons. The molecule has 0 radical (unpaired) electrons. The molecule has 0 saturated carbocycles. The number of nitrogen functional groups attached to an aromatic ring is 1. The predicted molar refractivity (Wildman–Crippen MR) is 65.2 cm³/mol. The molecule has 0 atom stereocenters. The van der Waals surface area contributed by atoms with E-state index in [0.29, 0.717) is 11.3 Å². The van der Waals surface area contributed by atoms with Crippen molar-refractivity contribution in [1.29, 1.82) is 0 Å². The Morgan fingerprint density at radius 2 is 2.06 bits per heavy atom. The number of nitrogens with two attached hydrogens (primary N) is 1. The van der Waals surface area contributed by atoms with E-state index in [0.717, 1.165) is 18.4 Å². The van der Waals surface area contributed by atoms with Crippen LogP contribution in [-0.4, -0.2) is 11.9 Å². The van der Waals surface area contributed by atoms with E-state index in [1.54, 1.807) is 6.07 Å². The Morgan fingerprint density at radius 1 is 1.38 bits per heavy atom. The number of rotatable bonds is 2. The molecule has 0 fully saturated rings. The molecule has 1 aromatic rings. The molecule has 0 unspecified atom stereocenters. The minimum Gasteiger partial charge on any atom is -0.399 e. The second kappa shape index (κ2) is 4.39. The minimum atomic E-state index is -0.0292. The first-order valence-corrected chi connectivity index (χ1v) is 5.49. The molecule has 3 nitrogen and oxygen atoms in total. The molecule has 3 heteroatoms. The molecule has 16 heavy (non-hydrogen) atoms. The quantitative estimate of drug-likeness (QED) is 0.587. The van der Waals surface area contributed by atoms with E-state index in [2.05, 4.69) is 17.5 Å². The first-order valence-electron chi connectivity index (χ1n) is 5.49. The number of carbonyl (C=O) groups is 1. The molecular weight excluding hydrogens is 200 g/mol. The van der Waals surface area contributed by atoms with Crippen LogP contribution in [0.5, 0.6) is 0 Å². The van der Waals surface area contributed by atoms with Crippen LogP contribution < -0.4 is 11.1 Å². The molecule has 3 N–H and O–H groups in total. The zero-order valence-corrected chi connectivity index (χ0v) is 9.36. The van der Waals surface area contributed by atoms with E-state index < -0.39 is 0 Å². The first kappa shape index (κ1) is 10.7. The summed E-state index contributed by atoms with van der Waals surface area (Å²) in [7, 11) is 0. The van der Waals surface area contributed by atoms with Crippen LogP contribution in [0.2, 0.25) is 0 Å². The summed E-state index contributed by atoms with van der Waals surface area (Å²) in [5.41, 5.74) is 7.94. The molecule has 0 aromatic heterocycles. The van der Waals surface area contributed by atoms with Crippen molar-refractivity contribution in [3.63, 3.8) is 0 Å². The number of nitrogens with one attached hydrogen (secondary N) is 1. The van der Waals surface area contributed by atoms with Crippen molar-refractivity contribution in [3.05, 3.63) is 41.5 Å². The summed E-state index contributed by atoms with van der Waals surface area (Å²) in [5, 5.41) is 3.01. The van der Waals surface area contributed by atoms with Crippen molar-refractivity contribution >= 4 is 11.6 Å². The van der Waals surface area contributed by atoms with Crippen molar-refractivity contribution in [3.8, 4) is 0 Å². The summed E-state index contributed by atoms with van der Waals surface area (Å²) in [6.07, 6.45) is 6.04. The highest BCUT2D eigenvalue weighted by molar-refractivity contribution is 5.96. The molecule has 0 heterocycles. The Bertz CT molecular complexity index is 430. The third kappa shape index (κ3) is 2.24. The van der Waals surface area contributed by atoms with Gasteiger partial charge in [0.1, 0.15) is 0 Å². The summed E-state index contributed by atoms with van der Waals surface area (Å²) in [6.45, 7) is 1.92. The molecule has 0 bridgehead atoms. The summed E-state index contributed by atoms with van der Waals surface area (Å²) < 4.78 is 0. The van der Waals surface area contributed by atoms with Crippen LogP contribution in [0.25, 0.3) is 0 Å². The first-order chi connectivity index (χ1) is 7.66. The fourth-order valence-electron chi connectivity index (χ4n) is 1.88. The van der Waals surface area contributed by atoms with Crippen molar-refractivity contribution < 1.29 is 4.79 Å². The molecular formula is C13H16N2O. The topological polar surface area (TPSA) is 55.1 Å². The Balaban J connectivity index is 2.10. The van der Waals surface area contributed by atoms with Gasteiger partial charge in [0.15, 0.2) is 0 Å². The number of aryl methyl sites for hydroxylation is 1. The second-order valence-electron chi connectivity index (χ2n) is 4.19. The highest BCUT2D eigenvalue weighted by Crippen LogP contribution is 2.15. The third-order valence-electron chi connectivity index (χ3n) is 2.85. The van der Waals surface area contributed by atoms with Gasteiger partial charge in [0.05, 0.1) is 0 Å². The van der Waals surface area contributed by atoms with E-state index in [-0.39, 0.29) is 11.9 Å². The SMILES string of the molecule is Cc1ccc(N)cc1C(=O)NC1CC=CC1. The van der Waals surface area contributed by atoms with Crippen LogP contribution in [0.3, 0.4) is 0 Å². The van der Waals surface area contributed by atoms with Gasteiger partial charge in [-0.25, -0.2) is 0 Å². The van der Waals surface area contributed by atoms with E-state index in [1.807, 2.05) is 19.1 Å². The summed E-state index contributed by atoms with van der Waals surface area (Å²) in [4.78, 5) is 12.0. The van der Waals surface area contributed by atoms with Gasteiger partial charge >= 0.3 is 0 Å². The summed E-state index contributed by atoms with van der Waals surface area (Å²) in [6, 6.07) is 5.65. The Labute approximate surface area is 95.3 Å². The molecule has 1 amide bonds. The Hall–Kier alpha value is -1.77.